The second-order valence-electron chi connectivity index (χ2n) is 4.22. The topological polar surface area (TPSA) is 12.5 Å². The standard InChI is InChI=1S/C11H23NO/c1-11-5-3-4-7-12(8-6-11)9-10-13-2/h11H,3-10H2,1-2H3. The molecule has 0 aromatic rings. The molecule has 0 radical (unpaired) electrons. The SMILES string of the molecule is COCCN1CCCCC(C)CC1. The van der Waals surface area contributed by atoms with E-state index in [4.69, 9.17) is 4.74 Å². The molecular weight excluding hydrogens is 162 g/mol. The van der Waals surface area contributed by atoms with Gasteiger partial charge in [0.15, 0.2) is 0 Å². The minimum absolute atomic E-state index is 0.883. The zero-order valence-corrected chi connectivity index (χ0v) is 9.09. The molecule has 1 fully saturated rings. The first-order valence-corrected chi connectivity index (χ1v) is 5.54. The summed E-state index contributed by atoms with van der Waals surface area (Å²) < 4.78 is 5.10. The third-order valence-corrected chi connectivity index (χ3v) is 2.97. The van der Waals surface area contributed by atoms with Gasteiger partial charge in [-0.05, 0) is 31.8 Å². The van der Waals surface area contributed by atoms with E-state index in [2.05, 4.69) is 11.8 Å². The van der Waals surface area contributed by atoms with Crippen molar-refractivity contribution < 1.29 is 4.74 Å². The number of likely N-dealkylation sites (tertiary alicyclic amines) is 1. The number of hydrogen-bond acceptors (Lipinski definition) is 2. The maximum atomic E-state index is 5.10. The highest BCUT2D eigenvalue weighted by molar-refractivity contribution is 4.65. The molecule has 0 spiro atoms. The molecule has 0 amide bonds. The lowest BCUT2D eigenvalue weighted by atomic mass is 9.98. The van der Waals surface area contributed by atoms with E-state index in [0.717, 1.165) is 19.1 Å². The minimum atomic E-state index is 0.883. The third-order valence-electron chi connectivity index (χ3n) is 2.97. The summed E-state index contributed by atoms with van der Waals surface area (Å²) in [7, 11) is 1.78. The lowest BCUT2D eigenvalue weighted by Crippen LogP contribution is -2.31. The lowest BCUT2D eigenvalue weighted by Gasteiger charge is -2.26. The van der Waals surface area contributed by atoms with Gasteiger partial charge in [-0.15, -0.1) is 0 Å². The Morgan fingerprint density at radius 1 is 1.23 bits per heavy atom. The molecule has 1 atom stereocenters. The molecule has 1 saturated heterocycles. The van der Waals surface area contributed by atoms with Crippen LogP contribution in [0.5, 0.6) is 0 Å². The second kappa shape index (κ2) is 6.39. The van der Waals surface area contributed by atoms with E-state index in [0.29, 0.717) is 0 Å². The van der Waals surface area contributed by atoms with E-state index in [1.54, 1.807) is 7.11 Å². The second-order valence-corrected chi connectivity index (χ2v) is 4.22. The predicted octanol–water partition coefficient (Wildman–Crippen LogP) is 2.14. The van der Waals surface area contributed by atoms with Crippen molar-refractivity contribution in [2.45, 2.75) is 32.6 Å². The summed E-state index contributed by atoms with van der Waals surface area (Å²) in [5.74, 6) is 0.922. The molecule has 2 nitrogen and oxygen atoms in total. The van der Waals surface area contributed by atoms with Crippen molar-refractivity contribution in [3.8, 4) is 0 Å². The first-order chi connectivity index (χ1) is 6.33. The molecule has 0 aromatic heterocycles. The van der Waals surface area contributed by atoms with Crippen LogP contribution < -0.4 is 0 Å². The normalized spacial score (nSPS) is 26.8. The summed E-state index contributed by atoms with van der Waals surface area (Å²) in [5.41, 5.74) is 0. The first-order valence-electron chi connectivity index (χ1n) is 5.54. The lowest BCUT2D eigenvalue weighted by molar-refractivity contribution is 0.137. The number of hydrogen-bond donors (Lipinski definition) is 0. The van der Waals surface area contributed by atoms with Crippen LogP contribution in [0, 0.1) is 5.92 Å². The van der Waals surface area contributed by atoms with Crippen LogP contribution >= 0.6 is 0 Å². The Balaban J connectivity index is 2.20. The zero-order valence-electron chi connectivity index (χ0n) is 9.09. The van der Waals surface area contributed by atoms with Crippen molar-refractivity contribution in [3.05, 3.63) is 0 Å². The Morgan fingerprint density at radius 2 is 2.08 bits per heavy atom. The van der Waals surface area contributed by atoms with Gasteiger partial charge >= 0.3 is 0 Å². The van der Waals surface area contributed by atoms with E-state index in [1.165, 1.54) is 38.8 Å². The first kappa shape index (κ1) is 11.0. The maximum Gasteiger partial charge on any atom is 0.0589 e. The van der Waals surface area contributed by atoms with Gasteiger partial charge in [-0.3, -0.25) is 0 Å². The highest BCUT2D eigenvalue weighted by Crippen LogP contribution is 2.16. The number of methoxy groups -OCH3 is 1. The molecule has 1 heterocycles. The molecule has 0 aromatic carbocycles. The quantitative estimate of drug-likeness (QED) is 0.668. The Bertz CT molecular complexity index is 125. The Labute approximate surface area is 82.3 Å². The maximum absolute atomic E-state index is 5.10. The molecule has 1 unspecified atom stereocenters. The smallest absolute Gasteiger partial charge is 0.0589 e. The largest absolute Gasteiger partial charge is 0.383 e. The van der Waals surface area contributed by atoms with Crippen LogP contribution in [-0.2, 0) is 4.74 Å². The number of ether oxygens (including phenoxy) is 1. The summed E-state index contributed by atoms with van der Waals surface area (Å²) in [6.45, 7) is 6.91. The van der Waals surface area contributed by atoms with E-state index >= 15 is 0 Å². The molecule has 1 rings (SSSR count). The van der Waals surface area contributed by atoms with Gasteiger partial charge in [0.1, 0.15) is 0 Å². The fourth-order valence-corrected chi connectivity index (χ4v) is 1.93. The summed E-state index contributed by atoms with van der Waals surface area (Å²) in [4.78, 5) is 2.54. The minimum Gasteiger partial charge on any atom is -0.383 e. The Hall–Kier alpha value is -0.0800. The van der Waals surface area contributed by atoms with Gasteiger partial charge in [-0.1, -0.05) is 19.8 Å². The van der Waals surface area contributed by atoms with Crippen LogP contribution in [0.4, 0.5) is 0 Å². The van der Waals surface area contributed by atoms with Gasteiger partial charge in [0, 0.05) is 13.7 Å². The van der Waals surface area contributed by atoms with Crippen LogP contribution in [0.25, 0.3) is 0 Å². The molecule has 1 aliphatic rings. The van der Waals surface area contributed by atoms with Crippen molar-refractivity contribution in [3.63, 3.8) is 0 Å². The molecule has 2 heteroatoms. The fraction of sp³-hybridized carbons (Fsp3) is 1.00. The van der Waals surface area contributed by atoms with Crippen molar-refractivity contribution in [2.75, 3.05) is 33.4 Å². The van der Waals surface area contributed by atoms with Gasteiger partial charge in [-0.25, -0.2) is 0 Å². The van der Waals surface area contributed by atoms with Crippen molar-refractivity contribution >= 4 is 0 Å². The summed E-state index contributed by atoms with van der Waals surface area (Å²) in [5, 5.41) is 0. The van der Waals surface area contributed by atoms with Gasteiger partial charge in [0.25, 0.3) is 0 Å². The van der Waals surface area contributed by atoms with Crippen molar-refractivity contribution in [2.24, 2.45) is 5.92 Å². The van der Waals surface area contributed by atoms with E-state index < -0.39 is 0 Å². The monoisotopic (exact) mass is 185 g/mol. The molecule has 0 N–H and O–H groups in total. The Morgan fingerprint density at radius 3 is 2.85 bits per heavy atom. The fourth-order valence-electron chi connectivity index (χ4n) is 1.93. The number of nitrogens with zero attached hydrogens (tertiary/aromatic N) is 1. The van der Waals surface area contributed by atoms with E-state index in [1.807, 2.05) is 0 Å². The summed E-state index contributed by atoms with van der Waals surface area (Å²) >= 11 is 0. The van der Waals surface area contributed by atoms with Crippen molar-refractivity contribution in [1.29, 1.82) is 0 Å². The van der Waals surface area contributed by atoms with E-state index in [-0.39, 0.29) is 0 Å². The van der Waals surface area contributed by atoms with Crippen LogP contribution in [0.2, 0.25) is 0 Å². The highest BCUT2D eigenvalue weighted by Gasteiger charge is 2.11. The molecule has 0 bridgehead atoms. The molecule has 0 aliphatic carbocycles. The van der Waals surface area contributed by atoms with Crippen LogP contribution in [0.3, 0.4) is 0 Å². The van der Waals surface area contributed by atoms with Gasteiger partial charge < -0.3 is 9.64 Å². The molecular formula is C11H23NO. The molecule has 78 valence electrons. The third kappa shape index (κ3) is 4.63. The summed E-state index contributed by atoms with van der Waals surface area (Å²) in [6.07, 6.45) is 5.57. The van der Waals surface area contributed by atoms with Crippen LogP contribution in [0.1, 0.15) is 32.6 Å². The Kier molecular flexibility index (Phi) is 5.40. The zero-order chi connectivity index (χ0) is 9.52. The average Bonchev–Trinajstić information content (AvgIpc) is 2.11. The molecule has 1 aliphatic heterocycles. The van der Waals surface area contributed by atoms with Crippen LogP contribution in [-0.4, -0.2) is 38.3 Å². The highest BCUT2D eigenvalue weighted by atomic mass is 16.5. The molecule has 0 saturated carbocycles. The van der Waals surface area contributed by atoms with Gasteiger partial charge in [0.2, 0.25) is 0 Å². The van der Waals surface area contributed by atoms with Gasteiger partial charge in [-0.2, -0.15) is 0 Å². The molecule has 13 heavy (non-hydrogen) atoms. The van der Waals surface area contributed by atoms with Gasteiger partial charge in [0.05, 0.1) is 6.61 Å². The van der Waals surface area contributed by atoms with E-state index in [9.17, 15) is 0 Å². The van der Waals surface area contributed by atoms with Crippen LogP contribution in [0.15, 0.2) is 0 Å². The predicted molar refractivity (Wildman–Crippen MR) is 55.9 cm³/mol. The van der Waals surface area contributed by atoms with Crippen molar-refractivity contribution in [1.82, 2.24) is 4.90 Å². The average molecular weight is 185 g/mol. The number of rotatable bonds is 3. The summed E-state index contributed by atoms with van der Waals surface area (Å²) in [6, 6.07) is 0.